The summed E-state index contributed by atoms with van der Waals surface area (Å²) in [6.45, 7) is 0.531. The van der Waals surface area contributed by atoms with Crippen LogP contribution in [0.1, 0.15) is 35.1 Å². The molecule has 0 radical (unpaired) electrons. The molecule has 1 unspecified atom stereocenters. The van der Waals surface area contributed by atoms with E-state index in [9.17, 15) is 4.21 Å². The molecule has 1 atom stereocenters. The lowest BCUT2D eigenvalue weighted by atomic mass is 9.90. The van der Waals surface area contributed by atoms with Gasteiger partial charge in [-0.05, 0) is 54.0 Å². The van der Waals surface area contributed by atoms with Gasteiger partial charge >= 0.3 is 0 Å². The quantitative estimate of drug-likeness (QED) is 0.384. The minimum absolute atomic E-state index is 0. The Morgan fingerprint density at radius 3 is 2.54 bits per heavy atom. The average Bonchev–Trinajstić information content (AvgIpc) is 2.61. The number of benzene rings is 2. The highest BCUT2D eigenvalue weighted by molar-refractivity contribution is 14.0. The Morgan fingerprint density at radius 1 is 1.12 bits per heavy atom. The molecule has 6 heteroatoms. The van der Waals surface area contributed by atoms with Crippen LogP contribution in [0.3, 0.4) is 0 Å². The van der Waals surface area contributed by atoms with Gasteiger partial charge in [-0.25, -0.2) is 4.99 Å². The number of hydrogen-bond acceptors (Lipinski definition) is 2. The Balaban J connectivity index is 0.00000243. The molecule has 0 bridgehead atoms. The molecule has 26 heavy (non-hydrogen) atoms. The molecule has 2 aromatic rings. The molecule has 2 aromatic carbocycles. The number of fused-ring (bicyclic) bond motifs is 1. The van der Waals surface area contributed by atoms with E-state index in [0.717, 1.165) is 29.7 Å². The lowest BCUT2D eigenvalue weighted by Gasteiger charge is -2.19. The number of aliphatic imine (C=N–C) groups is 1. The largest absolute Gasteiger partial charge is 0.370 e. The fourth-order valence-corrected chi connectivity index (χ4v) is 3.89. The van der Waals surface area contributed by atoms with Gasteiger partial charge in [0.1, 0.15) is 0 Å². The summed E-state index contributed by atoms with van der Waals surface area (Å²) >= 11 is 0. The van der Waals surface area contributed by atoms with Crippen LogP contribution in [0.15, 0.2) is 47.5 Å². The van der Waals surface area contributed by atoms with Gasteiger partial charge in [-0.1, -0.05) is 36.4 Å². The van der Waals surface area contributed by atoms with Gasteiger partial charge in [0.15, 0.2) is 5.96 Å². The molecule has 0 amide bonds. The summed E-state index contributed by atoms with van der Waals surface area (Å²) in [5.41, 5.74) is 12.1. The van der Waals surface area contributed by atoms with Crippen LogP contribution in [-0.4, -0.2) is 16.4 Å². The van der Waals surface area contributed by atoms with Crippen LogP contribution < -0.4 is 11.1 Å². The predicted molar refractivity (Wildman–Crippen MR) is 122 cm³/mol. The van der Waals surface area contributed by atoms with Crippen molar-refractivity contribution in [1.29, 1.82) is 0 Å². The van der Waals surface area contributed by atoms with Gasteiger partial charge in [0.25, 0.3) is 0 Å². The Hall–Kier alpha value is -1.41. The third-order valence-electron chi connectivity index (χ3n) is 4.48. The van der Waals surface area contributed by atoms with Crippen LogP contribution in [0.4, 0.5) is 5.69 Å². The highest BCUT2D eigenvalue weighted by Crippen LogP contribution is 2.27. The van der Waals surface area contributed by atoms with Gasteiger partial charge < -0.3 is 11.1 Å². The summed E-state index contributed by atoms with van der Waals surface area (Å²) < 4.78 is 11.3. The van der Waals surface area contributed by atoms with Crippen LogP contribution in [0.2, 0.25) is 0 Å². The van der Waals surface area contributed by atoms with Crippen molar-refractivity contribution in [3.63, 3.8) is 0 Å². The lowest BCUT2D eigenvalue weighted by Crippen LogP contribution is -2.24. The van der Waals surface area contributed by atoms with E-state index in [1.165, 1.54) is 24.0 Å². The van der Waals surface area contributed by atoms with E-state index >= 15 is 0 Å². The molecule has 0 aliphatic heterocycles. The molecule has 4 nitrogen and oxygen atoms in total. The Bertz CT molecular complexity index is 790. The van der Waals surface area contributed by atoms with E-state index in [-0.39, 0.29) is 24.0 Å². The van der Waals surface area contributed by atoms with Gasteiger partial charge in [-0.15, -0.1) is 24.0 Å². The molecule has 0 fully saturated rings. The normalized spacial score (nSPS) is 14.9. The summed E-state index contributed by atoms with van der Waals surface area (Å²) in [5.74, 6) is 1.03. The fraction of sp³-hybridized carbons (Fsp3) is 0.350. The number of aryl methyl sites for hydroxylation is 1. The van der Waals surface area contributed by atoms with Crippen molar-refractivity contribution >= 4 is 46.4 Å². The first kappa shape index (κ1) is 20.9. The summed E-state index contributed by atoms with van der Waals surface area (Å²) in [6.07, 6.45) is 6.47. The second kappa shape index (κ2) is 10.1. The van der Waals surface area contributed by atoms with Crippen LogP contribution in [-0.2, 0) is 35.9 Å². The second-order valence-electron chi connectivity index (χ2n) is 6.51. The fourth-order valence-electron chi connectivity index (χ4n) is 3.23. The molecule has 0 saturated heterocycles. The molecule has 3 N–H and O–H groups in total. The highest BCUT2D eigenvalue weighted by atomic mass is 127. The molecule has 3 rings (SSSR count). The number of nitrogens with two attached hydrogens (primary N) is 1. The molecule has 0 spiro atoms. The first-order valence-electron chi connectivity index (χ1n) is 8.67. The number of hydrogen-bond donors (Lipinski definition) is 2. The van der Waals surface area contributed by atoms with Crippen LogP contribution in [0, 0.1) is 0 Å². The summed E-state index contributed by atoms with van der Waals surface area (Å²) in [5, 5.41) is 3.27. The first-order valence-corrected chi connectivity index (χ1v) is 10.4. The number of anilines is 1. The molecule has 0 saturated carbocycles. The maximum Gasteiger partial charge on any atom is 0.193 e. The van der Waals surface area contributed by atoms with Gasteiger partial charge in [0.2, 0.25) is 0 Å². The minimum Gasteiger partial charge on any atom is -0.370 e. The van der Waals surface area contributed by atoms with Crippen molar-refractivity contribution < 1.29 is 4.21 Å². The van der Waals surface area contributed by atoms with E-state index in [1.807, 2.05) is 24.3 Å². The topological polar surface area (TPSA) is 67.5 Å². The third kappa shape index (κ3) is 5.81. The third-order valence-corrected chi connectivity index (χ3v) is 5.22. The number of guanidine groups is 1. The van der Waals surface area contributed by atoms with E-state index in [4.69, 9.17) is 5.73 Å². The zero-order valence-electron chi connectivity index (χ0n) is 15.0. The number of halogens is 1. The van der Waals surface area contributed by atoms with Gasteiger partial charge in [-0.2, -0.15) is 0 Å². The number of nitrogens with zero attached hydrogens (tertiary/aromatic N) is 1. The van der Waals surface area contributed by atoms with Crippen molar-refractivity contribution in [1.82, 2.24) is 0 Å². The SMILES string of the molecule is CS(=O)Cc1ccc(CN=C(N)Nc2cccc3c2CCCC3)cc1.I. The maximum atomic E-state index is 11.3. The van der Waals surface area contributed by atoms with Crippen molar-refractivity contribution in [2.45, 2.75) is 38.0 Å². The van der Waals surface area contributed by atoms with E-state index in [2.05, 4.69) is 28.5 Å². The minimum atomic E-state index is -0.816. The standard InChI is InChI=1S/C20H25N3OS.HI/c1-25(24)14-16-11-9-15(10-12-16)13-22-20(21)23-19-8-4-6-17-5-2-3-7-18(17)19;/h4,6,8-12H,2-3,5,7,13-14H2,1H3,(H3,21,22,23);1H. The molecule has 0 heterocycles. The molecular weight excluding hydrogens is 457 g/mol. The van der Waals surface area contributed by atoms with Crippen LogP contribution >= 0.6 is 24.0 Å². The van der Waals surface area contributed by atoms with E-state index in [0.29, 0.717) is 18.3 Å². The lowest BCUT2D eigenvalue weighted by molar-refractivity contribution is 0.686. The van der Waals surface area contributed by atoms with Gasteiger partial charge in [0.05, 0.1) is 6.54 Å². The zero-order chi connectivity index (χ0) is 17.6. The Kier molecular flexibility index (Phi) is 8.09. The smallest absolute Gasteiger partial charge is 0.193 e. The Morgan fingerprint density at radius 2 is 1.81 bits per heavy atom. The Labute approximate surface area is 175 Å². The monoisotopic (exact) mass is 483 g/mol. The highest BCUT2D eigenvalue weighted by Gasteiger charge is 2.13. The van der Waals surface area contributed by atoms with E-state index < -0.39 is 10.8 Å². The van der Waals surface area contributed by atoms with Crippen molar-refractivity contribution in [2.24, 2.45) is 10.7 Å². The van der Waals surface area contributed by atoms with Crippen molar-refractivity contribution in [3.05, 3.63) is 64.7 Å². The predicted octanol–water partition coefficient (Wildman–Crippen LogP) is 3.99. The number of rotatable bonds is 5. The van der Waals surface area contributed by atoms with Crippen molar-refractivity contribution in [3.8, 4) is 0 Å². The molecule has 1 aliphatic rings. The van der Waals surface area contributed by atoms with E-state index in [1.54, 1.807) is 6.26 Å². The molecular formula is C20H26IN3OS. The number of nitrogens with one attached hydrogen (secondary N) is 1. The first-order chi connectivity index (χ1) is 12.1. The summed E-state index contributed by atoms with van der Waals surface area (Å²) in [4.78, 5) is 4.45. The molecule has 1 aliphatic carbocycles. The molecule has 0 aromatic heterocycles. The van der Waals surface area contributed by atoms with Gasteiger partial charge in [0, 0.05) is 28.5 Å². The van der Waals surface area contributed by atoms with Crippen LogP contribution in [0.5, 0.6) is 0 Å². The maximum absolute atomic E-state index is 11.3. The van der Waals surface area contributed by atoms with Gasteiger partial charge in [-0.3, -0.25) is 4.21 Å². The average molecular weight is 483 g/mol. The summed E-state index contributed by atoms with van der Waals surface area (Å²) in [6, 6.07) is 14.4. The zero-order valence-corrected chi connectivity index (χ0v) is 18.2. The summed E-state index contributed by atoms with van der Waals surface area (Å²) in [7, 11) is -0.816. The van der Waals surface area contributed by atoms with Crippen molar-refractivity contribution in [2.75, 3.05) is 11.6 Å². The second-order valence-corrected chi connectivity index (χ2v) is 7.95. The molecule has 140 valence electrons. The van der Waals surface area contributed by atoms with Crippen LogP contribution in [0.25, 0.3) is 0 Å².